The molecule has 0 aliphatic heterocycles. The SMILES string of the molecule is c1ccc2cn3c(cc2c1)nc1ccccc13. The number of rotatable bonds is 0. The van der Waals surface area contributed by atoms with Crippen molar-refractivity contribution < 1.29 is 0 Å². The van der Waals surface area contributed by atoms with Gasteiger partial charge in [-0.2, -0.15) is 0 Å². The Morgan fingerprint density at radius 2 is 1.59 bits per heavy atom. The molecule has 0 aliphatic rings. The molecule has 2 heterocycles. The third-order valence-electron chi connectivity index (χ3n) is 3.17. The van der Waals surface area contributed by atoms with Crippen LogP contribution in [0.5, 0.6) is 0 Å². The molecular weight excluding hydrogens is 208 g/mol. The first-order chi connectivity index (χ1) is 8.42. The molecule has 2 heteroatoms. The standard InChI is InChI=1S/C15H10N2/c1-2-6-12-10-17-14-8-4-3-7-13(14)16-15(17)9-11(12)5-1/h1-10H. The predicted octanol–water partition coefficient (Wildman–Crippen LogP) is 3.64. The fourth-order valence-electron chi connectivity index (χ4n) is 2.34. The minimum Gasteiger partial charge on any atom is -0.299 e. The summed E-state index contributed by atoms with van der Waals surface area (Å²) in [7, 11) is 0. The first-order valence-electron chi connectivity index (χ1n) is 5.67. The van der Waals surface area contributed by atoms with Crippen molar-refractivity contribution in [1.82, 2.24) is 9.38 Å². The van der Waals surface area contributed by atoms with Gasteiger partial charge in [0.05, 0.1) is 11.0 Å². The van der Waals surface area contributed by atoms with Crippen molar-refractivity contribution in [1.29, 1.82) is 0 Å². The molecular formula is C15H10N2. The zero-order valence-electron chi connectivity index (χ0n) is 9.17. The number of aromatic nitrogens is 2. The van der Waals surface area contributed by atoms with Crippen LogP contribution in [-0.2, 0) is 0 Å². The summed E-state index contributed by atoms with van der Waals surface area (Å²) in [6, 6.07) is 18.7. The van der Waals surface area contributed by atoms with E-state index in [1.54, 1.807) is 0 Å². The van der Waals surface area contributed by atoms with E-state index in [-0.39, 0.29) is 0 Å². The molecule has 0 bridgehead atoms. The van der Waals surface area contributed by atoms with Crippen molar-refractivity contribution in [3.63, 3.8) is 0 Å². The Balaban J connectivity index is 2.28. The van der Waals surface area contributed by atoms with Crippen LogP contribution in [0.25, 0.3) is 27.5 Å². The van der Waals surface area contributed by atoms with Gasteiger partial charge in [0.25, 0.3) is 0 Å². The Morgan fingerprint density at radius 1 is 0.824 bits per heavy atom. The monoisotopic (exact) mass is 218 g/mol. The van der Waals surface area contributed by atoms with Crippen LogP contribution in [0.3, 0.4) is 0 Å². The van der Waals surface area contributed by atoms with Crippen molar-refractivity contribution in [3.05, 3.63) is 60.8 Å². The third kappa shape index (κ3) is 1.18. The van der Waals surface area contributed by atoms with Crippen molar-refractivity contribution in [3.8, 4) is 0 Å². The van der Waals surface area contributed by atoms with Crippen molar-refractivity contribution in [2.75, 3.05) is 0 Å². The van der Waals surface area contributed by atoms with E-state index in [2.05, 4.69) is 52.0 Å². The number of fused-ring (bicyclic) bond motifs is 4. The van der Waals surface area contributed by atoms with Crippen LogP contribution in [0.2, 0.25) is 0 Å². The molecule has 2 aromatic carbocycles. The average Bonchev–Trinajstić information content (AvgIpc) is 2.73. The smallest absolute Gasteiger partial charge is 0.138 e. The Morgan fingerprint density at radius 3 is 2.53 bits per heavy atom. The maximum absolute atomic E-state index is 4.63. The first-order valence-corrected chi connectivity index (χ1v) is 5.67. The van der Waals surface area contributed by atoms with Gasteiger partial charge < -0.3 is 0 Å². The second-order valence-corrected chi connectivity index (χ2v) is 4.23. The van der Waals surface area contributed by atoms with E-state index in [1.165, 1.54) is 10.8 Å². The van der Waals surface area contributed by atoms with Gasteiger partial charge in [-0.15, -0.1) is 0 Å². The maximum atomic E-state index is 4.63. The molecule has 0 fully saturated rings. The number of hydrogen-bond acceptors (Lipinski definition) is 1. The molecule has 4 aromatic rings. The van der Waals surface area contributed by atoms with Gasteiger partial charge >= 0.3 is 0 Å². The van der Waals surface area contributed by atoms with Gasteiger partial charge in [-0.05, 0) is 29.0 Å². The summed E-state index contributed by atoms with van der Waals surface area (Å²) in [5.74, 6) is 0. The highest BCUT2D eigenvalue weighted by molar-refractivity contribution is 5.89. The highest BCUT2D eigenvalue weighted by Crippen LogP contribution is 2.21. The summed E-state index contributed by atoms with van der Waals surface area (Å²) in [5.41, 5.74) is 3.21. The van der Waals surface area contributed by atoms with Gasteiger partial charge in [-0.1, -0.05) is 36.4 Å². The van der Waals surface area contributed by atoms with E-state index in [0.29, 0.717) is 0 Å². The van der Waals surface area contributed by atoms with Crippen molar-refractivity contribution in [2.45, 2.75) is 0 Å². The third-order valence-corrected chi connectivity index (χ3v) is 3.17. The van der Waals surface area contributed by atoms with Crippen LogP contribution in [0.15, 0.2) is 60.8 Å². The average molecular weight is 218 g/mol. The molecule has 0 aliphatic carbocycles. The fourth-order valence-corrected chi connectivity index (χ4v) is 2.34. The summed E-state index contributed by atoms with van der Waals surface area (Å²) >= 11 is 0. The van der Waals surface area contributed by atoms with Gasteiger partial charge in [-0.25, -0.2) is 4.98 Å². The van der Waals surface area contributed by atoms with Gasteiger partial charge in [0.2, 0.25) is 0 Å². The lowest BCUT2D eigenvalue weighted by Crippen LogP contribution is -1.84. The molecule has 0 saturated heterocycles. The van der Waals surface area contributed by atoms with Gasteiger partial charge in [0, 0.05) is 6.20 Å². The molecule has 0 N–H and O–H groups in total. The minimum atomic E-state index is 1.00. The number of benzene rings is 2. The van der Waals surface area contributed by atoms with Gasteiger partial charge in [-0.3, -0.25) is 4.40 Å². The van der Waals surface area contributed by atoms with Crippen LogP contribution in [-0.4, -0.2) is 9.38 Å². The summed E-state index contributed by atoms with van der Waals surface area (Å²) in [5, 5.41) is 2.47. The molecule has 0 saturated carbocycles. The second kappa shape index (κ2) is 3.08. The van der Waals surface area contributed by atoms with Crippen molar-refractivity contribution in [2.24, 2.45) is 0 Å². The van der Waals surface area contributed by atoms with E-state index in [0.717, 1.165) is 16.7 Å². The predicted molar refractivity (Wildman–Crippen MR) is 70.2 cm³/mol. The quantitative estimate of drug-likeness (QED) is 0.440. The molecule has 0 atom stereocenters. The lowest BCUT2D eigenvalue weighted by atomic mass is 10.2. The van der Waals surface area contributed by atoms with Gasteiger partial charge in [0.1, 0.15) is 5.65 Å². The summed E-state index contributed by atoms with van der Waals surface area (Å²) < 4.78 is 2.15. The maximum Gasteiger partial charge on any atom is 0.138 e. The molecule has 0 spiro atoms. The Labute approximate surface area is 98.1 Å². The highest BCUT2D eigenvalue weighted by Gasteiger charge is 2.04. The van der Waals surface area contributed by atoms with Gasteiger partial charge in [0.15, 0.2) is 0 Å². The number of imidazole rings is 1. The Kier molecular flexibility index (Phi) is 1.59. The van der Waals surface area contributed by atoms with Crippen LogP contribution >= 0.6 is 0 Å². The largest absolute Gasteiger partial charge is 0.299 e. The number of pyridine rings is 1. The van der Waals surface area contributed by atoms with Crippen LogP contribution in [0, 0.1) is 0 Å². The molecule has 0 unspecified atom stereocenters. The molecule has 4 rings (SSSR count). The Bertz CT molecular complexity index is 837. The number of para-hydroxylation sites is 2. The van der Waals surface area contributed by atoms with E-state index in [4.69, 9.17) is 0 Å². The normalized spacial score (nSPS) is 11.5. The molecule has 0 radical (unpaired) electrons. The number of hydrogen-bond donors (Lipinski definition) is 0. The van der Waals surface area contributed by atoms with E-state index < -0.39 is 0 Å². The molecule has 80 valence electrons. The lowest BCUT2D eigenvalue weighted by Gasteiger charge is -1.99. The molecule has 0 amide bonds. The number of nitrogens with zero attached hydrogens (tertiary/aromatic N) is 2. The zero-order valence-corrected chi connectivity index (χ0v) is 9.17. The van der Waals surface area contributed by atoms with Crippen molar-refractivity contribution >= 4 is 27.5 Å². The summed E-state index contributed by atoms with van der Waals surface area (Å²) in [6.07, 6.45) is 2.15. The molecule has 2 aromatic heterocycles. The van der Waals surface area contributed by atoms with Crippen LogP contribution in [0.4, 0.5) is 0 Å². The summed E-state index contributed by atoms with van der Waals surface area (Å²) in [4.78, 5) is 4.63. The van der Waals surface area contributed by atoms with E-state index >= 15 is 0 Å². The molecule has 2 nitrogen and oxygen atoms in total. The van der Waals surface area contributed by atoms with E-state index in [1.807, 2.05) is 18.2 Å². The van der Waals surface area contributed by atoms with Crippen LogP contribution in [0.1, 0.15) is 0 Å². The fraction of sp³-hybridized carbons (Fsp3) is 0. The minimum absolute atomic E-state index is 1.00. The van der Waals surface area contributed by atoms with Crippen LogP contribution < -0.4 is 0 Å². The summed E-state index contributed by atoms with van der Waals surface area (Å²) in [6.45, 7) is 0. The molecule has 17 heavy (non-hydrogen) atoms. The topological polar surface area (TPSA) is 17.3 Å². The highest BCUT2D eigenvalue weighted by atomic mass is 15.0. The first kappa shape index (κ1) is 8.76. The lowest BCUT2D eigenvalue weighted by molar-refractivity contribution is 1.25. The zero-order chi connectivity index (χ0) is 11.2. The second-order valence-electron chi connectivity index (χ2n) is 4.23. The van der Waals surface area contributed by atoms with E-state index in [9.17, 15) is 0 Å². The Hall–Kier alpha value is -2.35.